The number of hydrogen-bond acceptors (Lipinski definition) is 2. The van der Waals surface area contributed by atoms with Gasteiger partial charge in [0.2, 0.25) is 0 Å². The molecule has 0 aliphatic heterocycles. The van der Waals surface area contributed by atoms with Crippen LogP contribution in [0.2, 0.25) is 0 Å². The van der Waals surface area contributed by atoms with Gasteiger partial charge in [0.1, 0.15) is 0 Å². The second-order valence-corrected chi connectivity index (χ2v) is 5.00. The van der Waals surface area contributed by atoms with E-state index >= 15 is 0 Å². The molecule has 3 N–H and O–H groups in total. The van der Waals surface area contributed by atoms with E-state index in [1.54, 1.807) is 12.1 Å². The molecule has 96 valence electrons. The van der Waals surface area contributed by atoms with Crippen molar-refractivity contribution < 1.29 is 9.90 Å². The Morgan fingerprint density at radius 1 is 0.900 bits per heavy atom. The monoisotopic (exact) mass is 261 g/mol. The minimum absolute atomic E-state index is 0.307. The van der Waals surface area contributed by atoms with Crippen LogP contribution in [0.5, 0.6) is 0 Å². The number of carboxylic acids is 1. The van der Waals surface area contributed by atoms with E-state index in [-0.39, 0.29) is 0 Å². The van der Waals surface area contributed by atoms with Gasteiger partial charge in [-0.15, -0.1) is 0 Å². The molecule has 0 fully saturated rings. The van der Waals surface area contributed by atoms with Crippen LogP contribution in [0.3, 0.4) is 0 Å². The van der Waals surface area contributed by atoms with Crippen LogP contribution in [-0.4, -0.2) is 11.1 Å². The van der Waals surface area contributed by atoms with Gasteiger partial charge in [-0.1, -0.05) is 30.3 Å². The first kappa shape index (κ1) is 11.1. The lowest BCUT2D eigenvalue weighted by molar-refractivity contribution is 0.0697. The minimum Gasteiger partial charge on any atom is -0.478 e. The summed E-state index contributed by atoms with van der Waals surface area (Å²) in [6, 6.07) is 15.2. The number of nitrogens with two attached hydrogens (primary N) is 1. The van der Waals surface area contributed by atoms with Crippen molar-refractivity contribution in [1.29, 1.82) is 0 Å². The van der Waals surface area contributed by atoms with Gasteiger partial charge in [-0.3, -0.25) is 0 Å². The predicted molar refractivity (Wildman–Crippen MR) is 79.7 cm³/mol. The maximum absolute atomic E-state index is 11.2. The molecule has 0 spiro atoms. The number of aromatic carboxylic acids is 1. The molecule has 3 heteroatoms. The lowest BCUT2D eigenvalue weighted by Gasteiger charge is -2.04. The summed E-state index contributed by atoms with van der Waals surface area (Å²) < 4.78 is 0. The van der Waals surface area contributed by atoms with Gasteiger partial charge < -0.3 is 10.8 Å². The number of fused-ring (bicyclic) bond motifs is 3. The van der Waals surface area contributed by atoms with Crippen LogP contribution >= 0.6 is 0 Å². The Labute approximate surface area is 115 Å². The zero-order chi connectivity index (χ0) is 13.9. The molecular formula is C17H11NO2. The van der Waals surface area contributed by atoms with Crippen molar-refractivity contribution in [2.75, 3.05) is 5.73 Å². The summed E-state index contributed by atoms with van der Waals surface area (Å²) in [5, 5.41) is 11.3. The van der Waals surface area contributed by atoms with Gasteiger partial charge in [0.25, 0.3) is 0 Å². The molecule has 0 bridgehead atoms. The summed E-state index contributed by atoms with van der Waals surface area (Å²) in [4.78, 5) is 11.2. The fourth-order valence-electron chi connectivity index (χ4n) is 3.01. The lowest BCUT2D eigenvalue weighted by atomic mass is 10.0. The molecule has 0 heterocycles. The molecule has 0 aromatic heterocycles. The number of carboxylic acid groups (broad SMARTS) is 1. The maximum atomic E-state index is 11.2. The number of rotatable bonds is 1. The Balaban J connectivity index is 2.15. The van der Waals surface area contributed by atoms with Crippen molar-refractivity contribution in [2.45, 2.75) is 0 Å². The van der Waals surface area contributed by atoms with E-state index in [2.05, 4.69) is 0 Å². The smallest absolute Gasteiger partial charge is 0.335 e. The Hall–Kier alpha value is -2.81. The fraction of sp³-hybridized carbons (Fsp3) is 0. The first-order valence-corrected chi connectivity index (χ1v) is 6.36. The number of carbonyl (C=O) groups is 1. The van der Waals surface area contributed by atoms with Crippen molar-refractivity contribution in [3.8, 4) is 22.3 Å². The lowest BCUT2D eigenvalue weighted by Crippen LogP contribution is -1.95. The summed E-state index contributed by atoms with van der Waals surface area (Å²) >= 11 is 0. The molecule has 0 atom stereocenters. The normalized spacial score (nSPS) is 11.6. The average molecular weight is 261 g/mol. The summed E-state index contributed by atoms with van der Waals surface area (Å²) in [6.45, 7) is 0. The largest absolute Gasteiger partial charge is 0.478 e. The van der Waals surface area contributed by atoms with Crippen LogP contribution in [-0.2, 0) is 0 Å². The molecule has 1 aliphatic rings. The Morgan fingerprint density at radius 3 is 2.45 bits per heavy atom. The highest BCUT2D eigenvalue weighted by Gasteiger charge is 2.22. The van der Waals surface area contributed by atoms with Crippen molar-refractivity contribution in [3.63, 3.8) is 0 Å². The number of hydrogen-bond donors (Lipinski definition) is 2. The standard InChI is InChI=1S/C17H11NO2/c18-15-7-6-12-10-5-4-9(17(19)20)8-14(10)11-2-1-3-13(15)16(11)12/h1-8H,18H2,(H,19,20). The molecule has 1 aliphatic carbocycles. The molecule has 0 unspecified atom stereocenters. The molecule has 0 radical (unpaired) electrons. The van der Waals surface area contributed by atoms with Gasteiger partial charge in [-0.2, -0.15) is 0 Å². The van der Waals surface area contributed by atoms with E-state index in [9.17, 15) is 4.79 Å². The highest BCUT2D eigenvalue weighted by atomic mass is 16.4. The third kappa shape index (κ3) is 1.26. The van der Waals surface area contributed by atoms with Gasteiger partial charge in [-0.25, -0.2) is 4.79 Å². The first-order valence-electron chi connectivity index (χ1n) is 6.36. The summed E-state index contributed by atoms with van der Waals surface area (Å²) in [5.41, 5.74) is 11.3. The third-order valence-corrected chi connectivity index (χ3v) is 3.92. The fourth-order valence-corrected chi connectivity index (χ4v) is 3.01. The van der Waals surface area contributed by atoms with E-state index in [0.717, 1.165) is 38.7 Å². The van der Waals surface area contributed by atoms with Crippen LogP contribution < -0.4 is 5.73 Å². The zero-order valence-corrected chi connectivity index (χ0v) is 10.6. The van der Waals surface area contributed by atoms with Gasteiger partial charge >= 0.3 is 5.97 Å². The number of anilines is 1. The van der Waals surface area contributed by atoms with Crippen molar-refractivity contribution in [1.82, 2.24) is 0 Å². The second kappa shape index (κ2) is 3.61. The SMILES string of the molecule is Nc1ccc2c3c(cccc13)-c1cc(C(=O)O)ccc1-2. The van der Waals surface area contributed by atoms with Crippen LogP contribution in [0, 0.1) is 0 Å². The second-order valence-electron chi connectivity index (χ2n) is 5.00. The molecule has 0 saturated heterocycles. The predicted octanol–water partition coefficient (Wildman–Crippen LogP) is 3.77. The first-order chi connectivity index (χ1) is 9.66. The molecule has 3 aromatic rings. The molecule has 20 heavy (non-hydrogen) atoms. The highest BCUT2D eigenvalue weighted by Crippen LogP contribution is 2.48. The number of nitrogen functional groups attached to an aromatic ring is 1. The van der Waals surface area contributed by atoms with Crippen LogP contribution in [0.1, 0.15) is 10.4 Å². The maximum Gasteiger partial charge on any atom is 0.335 e. The summed E-state index contributed by atoms with van der Waals surface area (Å²) in [7, 11) is 0. The molecule has 0 amide bonds. The van der Waals surface area contributed by atoms with Gasteiger partial charge in [0.05, 0.1) is 5.56 Å². The van der Waals surface area contributed by atoms with E-state index in [1.807, 2.05) is 36.4 Å². The molecule has 3 aromatic carbocycles. The van der Waals surface area contributed by atoms with Crippen LogP contribution in [0.25, 0.3) is 33.0 Å². The van der Waals surface area contributed by atoms with Crippen molar-refractivity contribution in [2.24, 2.45) is 0 Å². The quantitative estimate of drug-likeness (QED) is 0.513. The van der Waals surface area contributed by atoms with Gasteiger partial charge in [0, 0.05) is 11.1 Å². The summed E-state index contributed by atoms with van der Waals surface area (Å²) in [5.74, 6) is -0.907. The third-order valence-electron chi connectivity index (χ3n) is 3.92. The molecule has 3 nitrogen and oxygen atoms in total. The van der Waals surface area contributed by atoms with Crippen molar-refractivity contribution >= 4 is 22.4 Å². The minimum atomic E-state index is -0.907. The van der Waals surface area contributed by atoms with E-state index < -0.39 is 5.97 Å². The highest BCUT2D eigenvalue weighted by molar-refractivity contribution is 6.18. The molecule has 4 rings (SSSR count). The average Bonchev–Trinajstić information content (AvgIpc) is 2.78. The van der Waals surface area contributed by atoms with Crippen molar-refractivity contribution in [3.05, 3.63) is 54.1 Å². The van der Waals surface area contributed by atoms with Crippen LogP contribution in [0.4, 0.5) is 5.69 Å². The Kier molecular flexibility index (Phi) is 1.99. The number of benzene rings is 3. The molecular weight excluding hydrogens is 250 g/mol. The Bertz CT molecular complexity index is 897. The van der Waals surface area contributed by atoms with Gasteiger partial charge in [0.15, 0.2) is 0 Å². The van der Waals surface area contributed by atoms with E-state index in [0.29, 0.717) is 5.56 Å². The topological polar surface area (TPSA) is 63.3 Å². The van der Waals surface area contributed by atoms with Gasteiger partial charge in [-0.05, 0) is 45.8 Å². The zero-order valence-electron chi connectivity index (χ0n) is 10.6. The van der Waals surface area contributed by atoms with Crippen LogP contribution in [0.15, 0.2) is 48.5 Å². The Morgan fingerprint density at radius 2 is 1.65 bits per heavy atom. The van der Waals surface area contributed by atoms with E-state index in [1.165, 1.54) is 0 Å². The molecule has 0 saturated carbocycles. The van der Waals surface area contributed by atoms with E-state index in [4.69, 9.17) is 10.8 Å². The summed E-state index contributed by atoms with van der Waals surface area (Å²) in [6.07, 6.45) is 0.